The summed E-state index contributed by atoms with van der Waals surface area (Å²) in [5, 5.41) is 3.86. The lowest BCUT2D eigenvalue weighted by Crippen LogP contribution is -2.05. The summed E-state index contributed by atoms with van der Waals surface area (Å²) in [6.07, 6.45) is 0. The molecule has 0 saturated heterocycles. The van der Waals surface area contributed by atoms with Gasteiger partial charge in [-0.2, -0.15) is 0 Å². The summed E-state index contributed by atoms with van der Waals surface area (Å²) >= 11 is 9.80. The molecule has 0 radical (unpaired) electrons. The van der Waals surface area contributed by atoms with Gasteiger partial charge in [-0.25, -0.2) is 9.97 Å². The highest BCUT2D eigenvalue weighted by Gasteiger charge is 2.12. The van der Waals surface area contributed by atoms with Crippen molar-refractivity contribution in [3.05, 3.63) is 44.3 Å². The Balaban J connectivity index is 2.44. The van der Waals surface area contributed by atoms with E-state index in [1.54, 1.807) is 0 Å². The number of halogens is 2. The molecule has 0 bridgehead atoms. The molecule has 0 aliphatic heterocycles. The van der Waals surface area contributed by atoms with E-state index in [0.717, 1.165) is 27.4 Å². The number of aromatic nitrogens is 2. The number of anilines is 2. The predicted octanol–water partition coefficient (Wildman–Crippen LogP) is 5.68. The van der Waals surface area contributed by atoms with Gasteiger partial charge in [-0.05, 0) is 44.0 Å². The molecule has 1 heterocycles. The van der Waals surface area contributed by atoms with Crippen LogP contribution in [0.1, 0.15) is 42.3 Å². The molecule has 0 atom stereocenters. The number of hydrogen-bond donors (Lipinski definition) is 1. The van der Waals surface area contributed by atoms with E-state index in [4.69, 9.17) is 11.6 Å². The molecule has 2 aromatic rings. The predicted molar refractivity (Wildman–Crippen MR) is 92.8 cm³/mol. The number of nitrogens with zero attached hydrogens (tertiary/aromatic N) is 2. The fourth-order valence-corrected chi connectivity index (χ4v) is 2.45. The van der Waals surface area contributed by atoms with E-state index in [0.29, 0.717) is 5.15 Å². The number of aryl methyl sites for hydroxylation is 2. The molecule has 0 aliphatic rings. The summed E-state index contributed by atoms with van der Waals surface area (Å²) in [6.45, 7) is 10.2. The van der Waals surface area contributed by atoms with Gasteiger partial charge in [0.15, 0.2) is 0 Å². The molecule has 3 nitrogen and oxygen atoms in total. The van der Waals surface area contributed by atoms with Gasteiger partial charge >= 0.3 is 0 Å². The average Bonchev–Trinajstić information content (AvgIpc) is 2.40. The Kier molecular flexibility index (Phi) is 4.89. The third kappa shape index (κ3) is 3.55. The van der Waals surface area contributed by atoms with Crippen molar-refractivity contribution < 1.29 is 0 Å². The van der Waals surface area contributed by atoms with Crippen molar-refractivity contribution in [1.29, 1.82) is 0 Å². The van der Waals surface area contributed by atoms with E-state index >= 15 is 0 Å². The SMILES string of the molecule is Cc1cc(Nc2nc(C(C)C)nc(Cl)c2C)cc(C)c1Br. The van der Waals surface area contributed by atoms with Crippen molar-refractivity contribution >= 4 is 39.0 Å². The second-order valence-corrected chi connectivity index (χ2v) is 6.70. The lowest BCUT2D eigenvalue weighted by Gasteiger charge is -2.14. The van der Waals surface area contributed by atoms with Crippen molar-refractivity contribution in [2.75, 3.05) is 5.32 Å². The van der Waals surface area contributed by atoms with E-state index in [1.165, 1.54) is 11.1 Å². The minimum atomic E-state index is 0.233. The van der Waals surface area contributed by atoms with Gasteiger partial charge < -0.3 is 5.32 Å². The van der Waals surface area contributed by atoms with Crippen LogP contribution in [0.2, 0.25) is 5.15 Å². The first kappa shape index (κ1) is 16.2. The van der Waals surface area contributed by atoms with Crippen LogP contribution in [-0.2, 0) is 0 Å². The van der Waals surface area contributed by atoms with Crippen molar-refractivity contribution in [3.8, 4) is 0 Å². The molecule has 2 rings (SSSR count). The molecule has 112 valence electrons. The average molecular weight is 369 g/mol. The Labute approximate surface area is 139 Å². The van der Waals surface area contributed by atoms with Gasteiger partial charge in [0.2, 0.25) is 0 Å². The normalized spacial score (nSPS) is 11.0. The summed E-state index contributed by atoms with van der Waals surface area (Å²) in [5.41, 5.74) is 4.22. The molecular formula is C16H19BrClN3. The van der Waals surface area contributed by atoms with E-state index in [9.17, 15) is 0 Å². The smallest absolute Gasteiger partial charge is 0.138 e. The zero-order chi connectivity index (χ0) is 15.7. The third-order valence-electron chi connectivity index (χ3n) is 3.32. The van der Waals surface area contributed by atoms with Crippen molar-refractivity contribution in [2.45, 2.75) is 40.5 Å². The summed E-state index contributed by atoms with van der Waals surface area (Å²) in [7, 11) is 0. The Hall–Kier alpha value is -1.13. The van der Waals surface area contributed by atoms with Crippen LogP contribution < -0.4 is 5.32 Å². The van der Waals surface area contributed by atoms with Gasteiger partial charge in [0.1, 0.15) is 16.8 Å². The van der Waals surface area contributed by atoms with E-state index in [1.807, 2.05) is 6.92 Å². The van der Waals surface area contributed by atoms with Crippen LogP contribution in [0.4, 0.5) is 11.5 Å². The summed E-state index contributed by atoms with van der Waals surface area (Å²) in [6, 6.07) is 4.17. The Morgan fingerprint density at radius 2 is 1.67 bits per heavy atom. The zero-order valence-electron chi connectivity index (χ0n) is 12.9. The highest BCUT2D eigenvalue weighted by Crippen LogP contribution is 2.29. The summed E-state index contributed by atoms with van der Waals surface area (Å²) in [5.74, 6) is 1.75. The molecule has 0 amide bonds. The number of hydrogen-bond acceptors (Lipinski definition) is 3. The molecule has 5 heteroatoms. The fourth-order valence-electron chi connectivity index (χ4n) is 2.04. The highest BCUT2D eigenvalue weighted by atomic mass is 79.9. The molecule has 1 aromatic carbocycles. The van der Waals surface area contributed by atoms with Crippen molar-refractivity contribution in [1.82, 2.24) is 9.97 Å². The summed E-state index contributed by atoms with van der Waals surface area (Å²) in [4.78, 5) is 8.92. The van der Waals surface area contributed by atoms with E-state index in [2.05, 4.69) is 71.0 Å². The van der Waals surface area contributed by atoms with Crippen LogP contribution in [0, 0.1) is 20.8 Å². The second-order valence-electron chi connectivity index (χ2n) is 5.55. The fraction of sp³-hybridized carbons (Fsp3) is 0.375. The van der Waals surface area contributed by atoms with Gasteiger partial charge in [-0.1, -0.05) is 41.4 Å². The van der Waals surface area contributed by atoms with E-state index < -0.39 is 0 Å². The van der Waals surface area contributed by atoms with Crippen LogP contribution in [0.25, 0.3) is 0 Å². The van der Waals surface area contributed by atoms with Crippen molar-refractivity contribution in [3.63, 3.8) is 0 Å². The first-order valence-electron chi connectivity index (χ1n) is 6.87. The van der Waals surface area contributed by atoms with Gasteiger partial charge in [-0.3, -0.25) is 0 Å². The van der Waals surface area contributed by atoms with E-state index in [-0.39, 0.29) is 5.92 Å². The van der Waals surface area contributed by atoms with Crippen LogP contribution in [0.5, 0.6) is 0 Å². The molecule has 0 aliphatic carbocycles. The van der Waals surface area contributed by atoms with Crippen LogP contribution in [0.3, 0.4) is 0 Å². The number of nitrogens with one attached hydrogen (secondary N) is 1. The largest absolute Gasteiger partial charge is 0.340 e. The topological polar surface area (TPSA) is 37.8 Å². The Morgan fingerprint density at radius 3 is 2.19 bits per heavy atom. The maximum absolute atomic E-state index is 6.22. The molecular weight excluding hydrogens is 350 g/mol. The minimum Gasteiger partial charge on any atom is -0.340 e. The lowest BCUT2D eigenvalue weighted by atomic mass is 10.1. The van der Waals surface area contributed by atoms with Crippen LogP contribution in [0.15, 0.2) is 16.6 Å². The first-order chi connectivity index (χ1) is 9.79. The lowest BCUT2D eigenvalue weighted by molar-refractivity contribution is 0.773. The molecule has 0 unspecified atom stereocenters. The van der Waals surface area contributed by atoms with Gasteiger partial charge in [-0.15, -0.1) is 0 Å². The molecule has 1 aromatic heterocycles. The molecule has 1 N–H and O–H groups in total. The Bertz CT molecular complexity index is 660. The molecule has 0 fully saturated rings. The number of benzene rings is 1. The van der Waals surface area contributed by atoms with Crippen molar-refractivity contribution in [2.24, 2.45) is 0 Å². The second kappa shape index (κ2) is 6.32. The first-order valence-corrected chi connectivity index (χ1v) is 8.04. The van der Waals surface area contributed by atoms with Crippen LogP contribution >= 0.6 is 27.5 Å². The maximum Gasteiger partial charge on any atom is 0.138 e. The molecule has 0 spiro atoms. The van der Waals surface area contributed by atoms with Crippen LogP contribution in [-0.4, -0.2) is 9.97 Å². The number of rotatable bonds is 3. The van der Waals surface area contributed by atoms with Gasteiger partial charge in [0.25, 0.3) is 0 Å². The standard InChI is InChI=1S/C16H19BrClN3/c1-8(2)15-20-14(18)11(5)16(21-15)19-12-6-9(3)13(17)10(4)7-12/h6-8H,1-5H3,(H,19,20,21). The van der Waals surface area contributed by atoms with Gasteiger partial charge in [0.05, 0.1) is 0 Å². The maximum atomic E-state index is 6.22. The summed E-state index contributed by atoms with van der Waals surface area (Å²) < 4.78 is 1.13. The molecule has 21 heavy (non-hydrogen) atoms. The zero-order valence-corrected chi connectivity index (χ0v) is 15.2. The minimum absolute atomic E-state index is 0.233. The molecule has 0 saturated carbocycles. The monoisotopic (exact) mass is 367 g/mol. The van der Waals surface area contributed by atoms with Gasteiger partial charge in [0, 0.05) is 21.6 Å². The quantitative estimate of drug-likeness (QED) is 0.708. The third-order valence-corrected chi connectivity index (χ3v) is 4.94. The Morgan fingerprint density at radius 1 is 1.10 bits per heavy atom. The highest BCUT2D eigenvalue weighted by molar-refractivity contribution is 9.10.